The van der Waals surface area contributed by atoms with Crippen LogP contribution in [0.15, 0.2) is 40.8 Å². The number of furan rings is 1. The predicted molar refractivity (Wildman–Crippen MR) is 107 cm³/mol. The van der Waals surface area contributed by atoms with Gasteiger partial charge < -0.3 is 14.1 Å². The molecule has 0 aliphatic rings. The number of hydrogen-bond donors (Lipinski definition) is 1. The smallest absolute Gasteiger partial charge is 0.303 e. The van der Waals surface area contributed by atoms with E-state index in [1.54, 1.807) is 18.2 Å². The highest BCUT2D eigenvalue weighted by Gasteiger charge is 2.14. The van der Waals surface area contributed by atoms with Crippen molar-refractivity contribution in [2.24, 2.45) is 0 Å². The Kier molecular flexibility index (Phi) is 4.65. The van der Waals surface area contributed by atoms with Gasteiger partial charge in [0.2, 0.25) is 0 Å². The highest BCUT2D eigenvalue weighted by Crippen LogP contribution is 2.32. The highest BCUT2D eigenvalue weighted by molar-refractivity contribution is 7.73. The molecule has 1 N–H and O–H groups in total. The molecule has 0 spiro atoms. The van der Waals surface area contributed by atoms with Crippen molar-refractivity contribution in [3.63, 3.8) is 0 Å². The summed E-state index contributed by atoms with van der Waals surface area (Å²) in [5.74, 6) is -0.282. The molecular weight excluding hydrogens is 402 g/mol. The standard InChI is InChI=1S/C18H13N3O5S2/c22-16(23)2-1-7-20-17-15(28-18(20)27)9-14-12(19-17)8-13(26-14)10-3-5-11(6-4-10)21(24)25/h3-6,8-9H,1-2,7H2,(H,22,23). The molecule has 0 atom stereocenters. The normalized spacial score (nSPS) is 11.3. The number of non-ortho nitro benzene ring substituents is 1. The molecule has 1 aromatic carbocycles. The molecular formula is C18H13N3O5S2. The van der Waals surface area contributed by atoms with Gasteiger partial charge in [-0.2, -0.15) is 0 Å². The SMILES string of the molecule is O=C(O)CCCn1c(=S)sc2cc3oc(-c4ccc([N+](=O)[O-])cc4)cc3nc21. The molecule has 10 heteroatoms. The van der Waals surface area contributed by atoms with Crippen molar-refractivity contribution >= 4 is 56.7 Å². The number of carboxylic acids is 1. The Balaban J connectivity index is 1.72. The van der Waals surface area contributed by atoms with Crippen LogP contribution in [-0.4, -0.2) is 25.6 Å². The number of nitro benzene ring substituents is 1. The Labute approximate surface area is 166 Å². The van der Waals surface area contributed by atoms with E-state index < -0.39 is 10.9 Å². The van der Waals surface area contributed by atoms with Gasteiger partial charge in [0.1, 0.15) is 11.3 Å². The molecule has 0 amide bonds. The molecule has 0 bridgehead atoms. The fraction of sp³-hybridized carbons (Fsp3) is 0.167. The number of aryl methyl sites for hydroxylation is 1. The number of nitrogens with zero attached hydrogens (tertiary/aromatic N) is 3. The van der Waals surface area contributed by atoms with Gasteiger partial charge in [0.15, 0.2) is 15.2 Å². The molecule has 4 rings (SSSR count). The number of thiazole rings is 1. The average molecular weight is 415 g/mol. The summed E-state index contributed by atoms with van der Waals surface area (Å²) >= 11 is 6.78. The summed E-state index contributed by atoms with van der Waals surface area (Å²) in [6.45, 7) is 0.483. The molecule has 142 valence electrons. The summed E-state index contributed by atoms with van der Waals surface area (Å²) in [5, 5.41) is 19.6. The lowest BCUT2D eigenvalue weighted by Crippen LogP contribution is -2.02. The van der Waals surface area contributed by atoms with Crippen LogP contribution in [0.3, 0.4) is 0 Å². The third-order valence-electron chi connectivity index (χ3n) is 4.26. The number of carbonyl (C=O) groups is 1. The van der Waals surface area contributed by atoms with Crippen molar-refractivity contribution in [3.05, 3.63) is 50.5 Å². The van der Waals surface area contributed by atoms with E-state index in [1.807, 2.05) is 10.6 Å². The summed E-state index contributed by atoms with van der Waals surface area (Å²) < 4.78 is 9.22. The van der Waals surface area contributed by atoms with Crippen LogP contribution in [0.5, 0.6) is 0 Å². The summed E-state index contributed by atoms with van der Waals surface area (Å²) in [6.07, 6.45) is 0.534. The molecule has 0 unspecified atom stereocenters. The van der Waals surface area contributed by atoms with Crippen molar-refractivity contribution in [3.8, 4) is 11.3 Å². The third kappa shape index (κ3) is 3.39. The fourth-order valence-corrected chi connectivity index (χ4v) is 4.25. The molecule has 3 aromatic heterocycles. The van der Waals surface area contributed by atoms with E-state index in [2.05, 4.69) is 4.98 Å². The van der Waals surface area contributed by atoms with E-state index in [0.29, 0.717) is 45.0 Å². The minimum Gasteiger partial charge on any atom is -0.481 e. The number of pyridine rings is 1. The van der Waals surface area contributed by atoms with Crippen LogP contribution in [0, 0.1) is 14.1 Å². The zero-order chi connectivity index (χ0) is 19.8. The maximum atomic E-state index is 10.8. The monoisotopic (exact) mass is 415 g/mol. The van der Waals surface area contributed by atoms with Crippen LogP contribution < -0.4 is 0 Å². The molecule has 0 saturated heterocycles. The van der Waals surface area contributed by atoms with Crippen LogP contribution in [-0.2, 0) is 11.3 Å². The Morgan fingerprint density at radius 2 is 2.07 bits per heavy atom. The molecule has 0 aliphatic carbocycles. The number of fused-ring (bicyclic) bond motifs is 2. The molecule has 0 aliphatic heterocycles. The molecule has 0 saturated carbocycles. The first-order valence-electron chi connectivity index (χ1n) is 8.33. The van der Waals surface area contributed by atoms with Gasteiger partial charge >= 0.3 is 5.97 Å². The van der Waals surface area contributed by atoms with Crippen molar-refractivity contribution in [1.82, 2.24) is 9.55 Å². The number of aromatic nitrogens is 2. The van der Waals surface area contributed by atoms with Crippen LogP contribution in [0.1, 0.15) is 12.8 Å². The quantitative estimate of drug-likeness (QED) is 0.267. The number of aliphatic carboxylic acids is 1. The van der Waals surface area contributed by atoms with Crippen LogP contribution in [0.2, 0.25) is 0 Å². The van der Waals surface area contributed by atoms with Crippen molar-refractivity contribution in [2.75, 3.05) is 0 Å². The number of rotatable bonds is 6. The van der Waals surface area contributed by atoms with E-state index in [-0.39, 0.29) is 12.1 Å². The van der Waals surface area contributed by atoms with Crippen LogP contribution >= 0.6 is 23.6 Å². The topological polar surface area (TPSA) is 111 Å². The van der Waals surface area contributed by atoms with Gasteiger partial charge in [-0.3, -0.25) is 14.9 Å². The Morgan fingerprint density at radius 3 is 2.75 bits per heavy atom. The van der Waals surface area contributed by atoms with Gasteiger partial charge in [-0.25, -0.2) is 4.98 Å². The molecule has 4 aromatic rings. The van der Waals surface area contributed by atoms with Crippen LogP contribution in [0.4, 0.5) is 5.69 Å². The molecule has 8 nitrogen and oxygen atoms in total. The Morgan fingerprint density at radius 1 is 1.32 bits per heavy atom. The second-order valence-electron chi connectivity index (χ2n) is 6.13. The summed E-state index contributed by atoms with van der Waals surface area (Å²) in [7, 11) is 0. The highest BCUT2D eigenvalue weighted by atomic mass is 32.1. The van der Waals surface area contributed by atoms with Crippen molar-refractivity contribution in [1.29, 1.82) is 0 Å². The summed E-state index contributed by atoms with van der Waals surface area (Å²) in [6, 6.07) is 9.75. The Hall–Kier alpha value is -3.11. The van der Waals surface area contributed by atoms with Crippen molar-refractivity contribution < 1.29 is 19.2 Å². The summed E-state index contributed by atoms with van der Waals surface area (Å²) in [4.78, 5) is 25.7. The van der Waals surface area contributed by atoms with Gasteiger partial charge in [0.05, 0.1) is 9.62 Å². The first kappa shape index (κ1) is 18.3. The minimum atomic E-state index is -0.844. The van der Waals surface area contributed by atoms with Gasteiger partial charge in [-0.15, -0.1) is 11.3 Å². The number of hydrogen-bond acceptors (Lipinski definition) is 7. The fourth-order valence-electron chi connectivity index (χ4n) is 2.92. The minimum absolute atomic E-state index is 0.0128. The zero-order valence-electron chi connectivity index (χ0n) is 14.3. The predicted octanol–water partition coefficient (Wildman–Crippen LogP) is 5.01. The largest absolute Gasteiger partial charge is 0.481 e. The number of carboxylic acid groups (broad SMARTS) is 1. The Bertz CT molecular complexity index is 1270. The third-order valence-corrected chi connectivity index (χ3v) is 5.64. The lowest BCUT2D eigenvalue weighted by molar-refractivity contribution is -0.384. The van der Waals surface area contributed by atoms with E-state index in [1.165, 1.54) is 23.5 Å². The van der Waals surface area contributed by atoms with Crippen LogP contribution in [0.25, 0.3) is 32.8 Å². The maximum absolute atomic E-state index is 10.8. The molecule has 0 radical (unpaired) electrons. The van der Waals surface area contributed by atoms with Gasteiger partial charge in [0.25, 0.3) is 5.69 Å². The van der Waals surface area contributed by atoms with Gasteiger partial charge in [-0.05, 0) is 30.8 Å². The first-order valence-corrected chi connectivity index (χ1v) is 9.55. The number of nitro groups is 1. The second-order valence-corrected chi connectivity index (χ2v) is 7.80. The van der Waals surface area contributed by atoms with E-state index in [9.17, 15) is 14.9 Å². The molecule has 0 fully saturated rings. The lowest BCUT2D eigenvalue weighted by atomic mass is 10.1. The maximum Gasteiger partial charge on any atom is 0.303 e. The molecule has 28 heavy (non-hydrogen) atoms. The van der Waals surface area contributed by atoms with Gasteiger partial charge in [-0.1, -0.05) is 0 Å². The van der Waals surface area contributed by atoms with E-state index in [4.69, 9.17) is 21.7 Å². The van der Waals surface area contributed by atoms with E-state index in [0.717, 1.165) is 4.70 Å². The summed E-state index contributed by atoms with van der Waals surface area (Å²) in [5.41, 5.74) is 2.66. The average Bonchev–Trinajstić information content (AvgIpc) is 3.20. The second kappa shape index (κ2) is 7.13. The first-order chi connectivity index (χ1) is 13.4. The van der Waals surface area contributed by atoms with Crippen molar-refractivity contribution in [2.45, 2.75) is 19.4 Å². The van der Waals surface area contributed by atoms with E-state index >= 15 is 0 Å². The number of benzene rings is 1. The molecule has 3 heterocycles. The van der Waals surface area contributed by atoms with Gasteiger partial charge in [0, 0.05) is 42.8 Å². The zero-order valence-corrected chi connectivity index (χ0v) is 16.0. The lowest BCUT2D eigenvalue weighted by Gasteiger charge is -2.02.